The second-order valence-electron chi connectivity index (χ2n) is 11.3. The van der Waals surface area contributed by atoms with Crippen molar-refractivity contribution < 1.29 is 22.7 Å². The molecule has 0 spiro atoms. The molecule has 5 aromatic rings. The van der Waals surface area contributed by atoms with E-state index < -0.39 is 6.36 Å². The van der Waals surface area contributed by atoms with Crippen LogP contribution in [0.3, 0.4) is 0 Å². The summed E-state index contributed by atoms with van der Waals surface area (Å²) in [4.78, 5) is 22.1. The first kappa shape index (κ1) is 32.7. The highest BCUT2D eigenvalue weighted by Gasteiger charge is 2.31. The number of aromatic nitrogens is 4. The molecule has 240 valence electrons. The van der Waals surface area contributed by atoms with Crippen LogP contribution in [0.2, 0.25) is 0 Å². The standard InChI is InChI=1S/C34H35F3N6O2S/c1-22(2)29-17-8-23(3)19-30(29)43-24(4)20-46-33(43)40-32(44)38-18-6-5-7-25-9-11-26(12-10-25)31-39-21-42(41-31)27-13-15-28(16-14-27)45-34(35,36)37/h8-17,19-22H,5-7,18H2,1-4H3,(H,38,44). The number of thiazole rings is 1. The van der Waals surface area contributed by atoms with E-state index in [1.165, 1.54) is 52.2 Å². The number of nitrogens with zero attached hydrogens (tertiary/aromatic N) is 5. The van der Waals surface area contributed by atoms with Crippen LogP contribution in [0.1, 0.15) is 55.0 Å². The van der Waals surface area contributed by atoms with Gasteiger partial charge in [0, 0.05) is 23.2 Å². The monoisotopic (exact) mass is 648 g/mol. The zero-order valence-electron chi connectivity index (χ0n) is 26.0. The normalized spacial score (nSPS) is 12.1. The van der Waals surface area contributed by atoms with Gasteiger partial charge < -0.3 is 10.1 Å². The Balaban J connectivity index is 1.12. The van der Waals surface area contributed by atoms with Crippen LogP contribution in [0.15, 0.2) is 83.4 Å². The average molecular weight is 649 g/mol. The maximum atomic E-state index is 12.7. The Morgan fingerprint density at radius 2 is 1.76 bits per heavy atom. The largest absolute Gasteiger partial charge is 0.573 e. The minimum atomic E-state index is -4.74. The van der Waals surface area contributed by atoms with Crippen LogP contribution in [0.4, 0.5) is 18.0 Å². The van der Waals surface area contributed by atoms with Gasteiger partial charge in [-0.2, -0.15) is 4.99 Å². The van der Waals surface area contributed by atoms with Crippen LogP contribution in [0.25, 0.3) is 22.8 Å². The minimum Gasteiger partial charge on any atom is -0.406 e. The van der Waals surface area contributed by atoms with Gasteiger partial charge in [-0.1, -0.05) is 50.2 Å². The van der Waals surface area contributed by atoms with Gasteiger partial charge in [0.2, 0.25) is 0 Å². The topological polar surface area (TPSA) is 86.3 Å². The van der Waals surface area contributed by atoms with Crippen molar-refractivity contribution >= 4 is 17.4 Å². The molecule has 0 aliphatic rings. The third kappa shape index (κ3) is 8.30. The molecule has 0 aliphatic carbocycles. The molecule has 0 saturated carbocycles. The van der Waals surface area contributed by atoms with E-state index in [1.807, 2.05) is 36.6 Å². The van der Waals surface area contributed by atoms with E-state index >= 15 is 0 Å². The number of carbonyl (C=O) groups excluding carboxylic acids is 1. The van der Waals surface area contributed by atoms with Crippen LogP contribution in [0.5, 0.6) is 5.75 Å². The quantitative estimate of drug-likeness (QED) is 0.155. The molecule has 0 atom stereocenters. The Morgan fingerprint density at radius 3 is 2.46 bits per heavy atom. The molecule has 2 heterocycles. The molecule has 0 saturated heterocycles. The van der Waals surface area contributed by atoms with E-state index in [1.54, 1.807) is 0 Å². The molecule has 12 heteroatoms. The maximum absolute atomic E-state index is 12.7. The van der Waals surface area contributed by atoms with E-state index in [4.69, 9.17) is 0 Å². The first-order valence-electron chi connectivity index (χ1n) is 14.9. The molecule has 46 heavy (non-hydrogen) atoms. The summed E-state index contributed by atoms with van der Waals surface area (Å²) in [6, 6.07) is 19.4. The lowest BCUT2D eigenvalue weighted by atomic mass is 9.99. The highest BCUT2D eigenvalue weighted by molar-refractivity contribution is 7.07. The van der Waals surface area contributed by atoms with Gasteiger partial charge >= 0.3 is 12.4 Å². The highest BCUT2D eigenvalue weighted by atomic mass is 32.1. The van der Waals surface area contributed by atoms with E-state index in [0.29, 0.717) is 28.8 Å². The van der Waals surface area contributed by atoms with E-state index in [2.05, 4.69) is 68.7 Å². The molecule has 2 amide bonds. The number of carbonyl (C=O) groups is 1. The van der Waals surface area contributed by atoms with Crippen LogP contribution in [-0.4, -0.2) is 38.3 Å². The number of ether oxygens (including phenoxy) is 1. The zero-order chi connectivity index (χ0) is 32.8. The third-order valence-electron chi connectivity index (χ3n) is 7.33. The van der Waals surface area contributed by atoms with Gasteiger partial charge in [-0.25, -0.2) is 14.5 Å². The summed E-state index contributed by atoms with van der Waals surface area (Å²) in [6.07, 6.45) is -0.695. The molecular formula is C34H35F3N6O2S. The van der Waals surface area contributed by atoms with Crippen LogP contribution in [0, 0.1) is 13.8 Å². The number of aryl methyl sites for hydroxylation is 3. The number of benzene rings is 3. The fourth-order valence-corrected chi connectivity index (χ4v) is 5.88. The van der Waals surface area contributed by atoms with Crippen molar-refractivity contribution in [1.82, 2.24) is 24.6 Å². The predicted molar refractivity (Wildman–Crippen MR) is 173 cm³/mol. The van der Waals surface area contributed by atoms with Gasteiger partial charge in [0.25, 0.3) is 0 Å². The number of nitrogens with one attached hydrogen (secondary N) is 1. The molecule has 1 N–H and O–H groups in total. The van der Waals surface area contributed by atoms with Crippen molar-refractivity contribution in [3.8, 4) is 28.5 Å². The first-order valence-corrected chi connectivity index (χ1v) is 15.8. The fraction of sp³-hybridized carbons (Fsp3) is 0.294. The highest BCUT2D eigenvalue weighted by Crippen LogP contribution is 2.26. The second-order valence-corrected chi connectivity index (χ2v) is 12.1. The Hall–Kier alpha value is -4.71. The Kier molecular flexibility index (Phi) is 10.1. The SMILES string of the molecule is Cc1ccc(C(C)C)c(-n2c(C)csc2=NC(=O)NCCCCc2ccc(-c3ncn(-c4ccc(OC(F)(F)F)cc4)n3)cc2)c1. The number of unbranched alkanes of at least 4 members (excludes halogenated alkanes) is 1. The number of rotatable bonds is 10. The van der Waals surface area contributed by atoms with Crippen LogP contribution >= 0.6 is 11.3 Å². The van der Waals surface area contributed by atoms with Gasteiger partial charge in [0.05, 0.1) is 11.4 Å². The van der Waals surface area contributed by atoms with Gasteiger partial charge in [0.15, 0.2) is 10.6 Å². The van der Waals surface area contributed by atoms with Gasteiger partial charge in [0.1, 0.15) is 12.1 Å². The van der Waals surface area contributed by atoms with Crippen molar-refractivity contribution in [1.29, 1.82) is 0 Å². The van der Waals surface area contributed by atoms with Crippen LogP contribution < -0.4 is 14.9 Å². The molecule has 0 unspecified atom stereocenters. The van der Waals surface area contributed by atoms with Crippen LogP contribution in [-0.2, 0) is 6.42 Å². The molecule has 3 aromatic carbocycles. The molecule has 0 fully saturated rings. The van der Waals surface area contributed by atoms with Gasteiger partial charge in [-0.15, -0.1) is 29.6 Å². The summed E-state index contributed by atoms with van der Waals surface area (Å²) >= 11 is 1.45. The second kappa shape index (κ2) is 14.2. The molecule has 0 aliphatic heterocycles. The molecule has 0 bridgehead atoms. The first-order chi connectivity index (χ1) is 22.0. The molecule has 8 nitrogen and oxygen atoms in total. The number of amides is 2. The lowest BCUT2D eigenvalue weighted by Crippen LogP contribution is -2.25. The predicted octanol–water partition coefficient (Wildman–Crippen LogP) is 8.06. The van der Waals surface area contributed by atoms with Crippen molar-refractivity contribution in [2.24, 2.45) is 4.99 Å². The summed E-state index contributed by atoms with van der Waals surface area (Å²) in [5.41, 5.74) is 6.98. The summed E-state index contributed by atoms with van der Waals surface area (Å²) in [7, 11) is 0. The lowest BCUT2D eigenvalue weighted by molar-refractivity contribution is -0.274. The summed E-state index contributed by atoms with van der Waals surface area (Å²) in [5.74, 6) is 0.531. The summed E-state index contributed by atoms with van der Waals surface area (Å²) in [5, 5.41) is 9.39. The average Bonchev–Trinajstić information content (AvgIpc) is 3.64. The lowest BCUT2D eigenvalue weighted by Gasteiger charge is -2.16. The smallest absolute Gasteiger partial charge is 0.406 e. The third-order valence-corrected chi connectivity index (χ3v) is 8.28. The molecular weight excluding hydrogens is 613 g/mol. The Labute approximate surface area is 269 Å². The van der Waals surface area contributed by atoms with Gasteiger partial charge in [-0.05, 0) is 86.1 Å². The number of urea groups is 1. The van der Waals surface area contributed by atoms with E-state index in [0.717, 1.165) is 47.3 Å². The van der Waals surface area contributed by atoms with Crippen molar-refractivity contribution in [2.75, 3.05) is 6.54 Å². The molecule has 0 radical (unpaired) electrons. The van der Waals surface area contributed by atoms with E-state index in [-0.39, 0.29) is 11.8 Å². The molecule has 5 rings (SSSR count). The number of alkyl halides is 3. The summed E-state index contributed by atoms with van der Waals surface area (Å²) in [6.45, 7) is 8.94. The Morgan fingerprint density at radius 1 is 1.02 bits per heavy atom. The fourth-order valence-electron chi connectivity index (χ4n) is 5.02. The maximum Gasteiger partial charge on any atom is 0.573 e. The number of halogens is 3. The van der Waals surface area contributed by atoms with Crippen molar-refractivity contribution in [2.45, 2.75) is 59.2 Å². The number of hydrogen-bond donors (Lipinski definition) is 1. The van der Waals surface area contributed by atoms with Crippen molar-refractivity contribution in [3.63, 3.8) is 0 Å². The van der Waals surface area contributed by atoms with Gasteiger partial charge in [-0.3, -0.25) is 4.57 Å². The van der Waals surface area contributed by atoms with Crippen molar-refractivity contribution in [3.05, 3.63) is 106 Å². The number of hydrogen-bond acceptors (Lipinski definition) is 5. The molecule has 2 aromatic heterocycles. The Bertz CT molecular complexity index is 1860. The van der Waals surface area contributed by atoms with E-state index in [9.17, 15) is 18.0 Å². The zero-order valence-corrected chi connectivity index (χ0v) is 26.8. The minimum absolute atomic E-state index is 0.301. The summed E-state index contributed by atoms with van der Waals surface area (Å²) < 4.78 is 44.7.